The third-order valence-electron chi connectivity index (χ3n) is 4.13. The van der Waals surface area contributed by atoms with E-state index in [2.05, 4.69) is 15.0 Å². The van der Waals surface area contributed by atoms with Crippen LogP contribution >= 0.6 is 0 Å². The van der Waals surface area contributed by atoms with Gasteiger partial charge < -0.3 is 5.11 Å². The molecule has 0 saturated heterocycles. The fourth-order valence-electron chi connectivity index (χ4n) is 2.69. The number of hydrogen-bond donors (Lipinski definition) is 1. The van der Waals surface area contributed by atoms with Crippen LogP contribution in [0.15, 0.2) is 47.9 Å². The zero-order valence-corrected chi connectivity index (χ0v) is 16.3. The monoisotopic (exact) mass is 387 g/mol. The Kier molecular flexibility index (Phi) is 4.99. The van der Waals surface area contributed by atoms with Gasteiger partial charge in [0.25, 0.3) is 0 Å². The van der Waals surface area contributed by atoms with E-state index in [1.165, 1.54) is 26.2 Å². The van der Waals surface area contributed by atoms with Gasteiger partial charge in [-0.3, -0.25) is 4.57 Å². The molecule has 27 heavy (non-hydrogen) atoms. The Bertz CT molecular complexity index is 1040. The van der Waals surface area contributed by atoms with Crippen molar-refractivity contribution in [2.45, 2.75) is 24.7 Å². The second-order valence-electron chi connectivity index (χ2n) is 6.55. The molecule has 2 aromatic heterocycles. The molecule has 3 aromatic rings. The SMILES string of the molecule is CC(C)c1c(O)nc(-n2ccnc2)nc1-c1ccc(S(=O)(=O)N(C)C)cc1. The molecular formula is C18H21N5O3S. The second kappa shape index (κ2) is 7.09. The third kappa shape index (κ3) is 3.56. The number of benzene rings is 1. The lowest BCUT2D eigenvalue weighted by atomic mass is 9.98. The van der Waals surface area contributed by atoms with Crippen LogP contribution in [0.5, 0.6) is 5.88 Å². The van der Waals surface area contributed by atoms with Crippen molar-refractivity contribution in [3.8, 4) is 23.1 Å². The van der Waals surface area contributed by atoms with Crippen molar-refractivity contribution >= 4 is 10.0 Å². The molecule has 9 heteroatoms. The van der Waals surface area contributed by atoms with Gasteiger partial charge in [0.2, 0.25) is 21.9 Å². The summed E-state index contributed by atoms with van der Waals surface area (Å²) in [5.41, 5.74) is 1.84. The Balaban J connectivity index is 2.15. The molecule has 0 amide bonds. The van der Waals surface area contributed by atoms with Crippen LogP contribution in [0, 0.1) is 0 Å². The first kappa shape index (κ1) is 19.0. The standard InChI is InChI=1S/C18H21N5O3S/c1-12(2)15-16(20-18(21-17(15)24)23-10-9-19-11-23)13-5-7-14(8-6-13)27(25,26)22(3)4/h5-12H,1-4H3,(H,20,21,24). The summed E-state index contributed by atoms with van der Waals surface area (Å²) >= 11 is 0. The number of imidazole rings is 1. The van der Waals surface area contributed by atoms with E-state index in [1.54, 1.807) is 35.4 Å². The van der Waals surface area contributed by atoms with Crippen molar-refractivity contribution in [2.75, 3.05) is 14.1 Å². The lowest BCUT2D eigenvalue weighted by Gasteiger charge is -2.16. The molecule has 0 aliphatic heterocycles. The number of nitrogens with zero attached hydrogens (tertiary/aromatic N) is 5. The average molecular weight is 387 g/mol. The average Bonchev–Trinajstić information content (AvgIpc) is 3.15. The van der Waals surface area contributed by atoms with Gasteiger partial charge in [-0.15, -0.1) is 0 Å². The number of aromatic nitrogens is 4. The summed E-state index contributed by atoms with van der Waals surface area (Å²) in [6.45, 7) is 3.87. The van der Waals surface area contributed by atoms with Crippen molar-refractivity contribution in [3.05, 3.63) is 48.5 Å². The van der Waals surface area contributed by atoms with Gasteiger partial charge in [-0.1, -0.05) is 26.0 Å². The fraction of sp³-hybridized carbons (Fsp3) is 0.278. The third-order valence-corrected chi connectivity index (χ3v) is 5.96. The lowest BCUT2D eigenvalue weighted by molar-refractivity contribution is 0.440. The molecule has 0 bridgehead atoms. The van der Waals surface area contributed by atoms with Gasteiger partial charge in [0.05, 0.1) is 10.6 Å². The molecule has 1 N–H and O–H groups in total. The highest BCUT2D eigenvalue weighted by atomic mass is 32.2. The number of rotatable bonds is 5. The van der Waals surface area contributed by atoms with E-state index in [0.717, 1.165) is 4.31 Å². The molecule has 0 radical (unpaired) electrons. The van der Waals surface area contributed by atoms with E-state index < -0.39 is 10.0 Å². The van der Waals surface area contributed by atoms with Crippen LogP contribution in [-0.2, 0) is 10.0 Å². The predicted molar refractivity (Wildman–Crippen MR) is 101 cm³/mol. The molecule has 0 unspecified atom stereocenters. The molecular weight excluding hydrogens is 366 g/mol. The molecule has 0 atom stereocenters. The minimum Gasteiger partial charge on any atom is -0.493 e. The summed E-state index contributed by atoms with van der Waals surface area (Å²) < 4.78 is 27.3. The molecule has 0 aliphatic rings. The van der Waals surface area contributed by atoms with E-state index in [9.17, 15) is 13.5 Å². The van der Waals surface area contributed by atoms with Crippen LogP contribution in [-0.4, -0.2) is 51.4 Å². The van der Waals surface area contributed by atoms with E-state index in [1.807, 2.05) is 13.8 Å². The van der Waals surface area contributed by atoms with Crippen LogP contribution in [0.25, 0.3) is 17.2 Å². The summed E-state index contributed by atoms with van der Waals surface area (Å²) in [7, 11) is -0.543. The summed E-state index contributed by atoms with van der Waals surface area (Å²) in [5, 5.41) is 10.5. The van der Waals surface area contributed by atoms with Gasteiger partial charge >= 0.3 is 0 Å². The maximum absolute atomic E-state index is 12.3. The summed E-state index contributed by atoms with van der Waals surface area (Å²) in [5.74, 6) is 0.153. The van der Waals surface area contributed by atoms with Crippen molar-refractivity contribution in [1.82, 2.24) is 23.8 Å². The van der Waals surface area contributed by atoms with Crippen molar-refractivity contribution in [2.24, 2.45) is 0 Å². The van der Waals surface area contributed by atoms with Gasteiger partial charge in [0, 0.05) is 37.6 Å². The van der Waals surface area contributed by atoms with Gasteiger partial charge in [-0.25, -0.2) is 22.7 Å². The van der Waals surface area contributed by atoms with E-state index in [0.29, 0.717) is 16.8 Å². The Morgan fingerprint density at radius 1 is 1.11 bits per heavy atom. The van der Waals surface area contributed by atoms with Crippen LogP contribution < -0.4 is 0 Å². The minimum absolute atomic E-state index is 0.0259. The Morgan fingerprint density at radius 3 is 2.30 bits per heavy atom. The number of aromatic hydroxyl groups is 1. The van der Waals surface area contributed by atoms with Gasteiger partial charge in [0.1, 0.15) is 6.33 Å². The highest BCUT2D eigenvalue weighted by molar-refractivity contribution is 7.89. The van der Waals surface area contributed by atoms with Crippen molar-refractivity contribution in [1.29, 1.82) is 0 Å². The number of sulfonamides is 1. The molecule has 0 spiro atoms. The normalized spacial score (nSPS) is 12.1. The van der Waals surface area contributed by atoms with Gasteiger partial charge in [0.15, 0.2) is 0 Å². The zero-order valence-electron chi connectivity index (χ0n) is 15.5. The Morgan fingerprint density at radius 2 is 1.78 bits per heavy atom. The summed E-state index contributed by atoms with van der Waals surface area (Å²) in [4.78, 5) is 12.9. The van der Waals surface area contributed by atoms with Crippen molar-refractivity contribution in [3.63, 3.8) is 0 Å². The molecule has 2 heterocycles. The van der Waals surface area contributed by atoms with E-state index in [-0.39, 0.29) is 22.6 Å². The largest absolute Gasteiger partial charge is 0.493 e. The van der Waals surface area contributed by atoms with E-state index >= 15 is 0 Å². The lowest BCUT2D eigenvalue weighted by Crippen LogP contribution is -2.22. The van der Waals surface area contributed by atoms with Crippen LogP contribution in [0.2, 0.25) is 0 Å². The van der Waals surface area contributed by atoms with Gasteiger partial charge in [-0.05, 0) is 18.1 Å². The first-order chi connectivity index (χ1) is 12.7. The van der Waals surface area contributed by atoms with Crippen molar-refractivity contribution < 1.29 is 13.5 Å². The van der Waals surface area contributed by atoms with Crippen LogP contribution in [0.1, 0.15) is 25.3 Å². The molecule has 0 saturated carbocycles. The topological polar surface area (TPSA) is 101 Å². The van der Waals surface area contributed by atoms with Crippen LogP contribution in [0.4, 0.5) is 0 Å². The summed E-state index contributed by atoms with van der Waals surface area (Å²) in [6, 6.07) is 6.43. The van der Waals surface area contributed by atoms with Crippen LogP contribution in [0.3, 0.4) is 0 Å². The highest BCUT2D eigenvalue weighted by Gasteiger charge is 2.21. The smallest absolute Gasteiger partial charge is 0.242 e. The van der Waals surface area contributed by atoms with E-state index in [4.69, 9.17) is 0 Å². The predicted octanol–water partition coefficient (Wildman–Crippen LogP) is 2.41. The molecule has 8 nitrogen and oxygen atoms in total. The second-order valence-corrected chi connectivity index (χ2v) is 8.70. The fourth-order valence-corrected chi connectivity index (χ4v) is 3.59. The van der Waals surface area contributed by atoms with Gasteiger partial charge in [-0.2, -0.15) is 4.98 Å². The number of hydrogen-bond acceptors (Lipinski definition) is 6. The maximum Gasteiger partial charge on any atom is 0.242 e. The summed E-state index contributed by atoms with van der Waals surface area (Å²) in [6.07, 6.45) is 4.82. The molecule has 1 aromatic carbocycles. The highest BCUT2D eigenvalue weighted by Crippen LogP contribution is 2.34. The molecule has 142 valence electrons. The minimum atomic E-state index is -3.52. The Labute approximate surface area is 158 Å². The first-order valence-electron chi connectivity index (χ1n) is 8.34. The maximum atomic E-state index is 12.3. The first-order valence-corrected chi connectivity index (χ1v) is 9.78. The molecule has 0 fully saturated rings. The Hall–Kier alpha value is -2.78. The zero-order chi connectivity index (χ0) is 19.8. The molecule has 3 rings (SSSR count). The quantitative estimate of drug-likeness (QED) is 0.721. The molecule has 0 aliphatic carbocycles.